The summed E-state index contributed by atoms with van der Waals surface area (Å²) in [5.74, 6) is 0.590. The predicted octanol–water partition coefficient (Wildman–Crippen LogP) is 3.92. The van der Waals surface area contributed by atoms with Crippen LogP contribution in [-0.4, -0.2) is 22.8 Å². The van der Waals surface area contributed by atoms with E-state index in [1.165, 1.54) is 0 Å². The van der Waals surface area contributed by atoms with Crippen LogP contribution >= 0.6 is 12.2 Å². The number of hydrogen-bond acceptors (Lipinski definition) is 5. The lowest BCUT2D eigenvalue weighted by molar-refractivity contribution is -0.166. The molecule has 0 radical (unpaired) electrons. The van der Waals surface area contributed by atoms with E-state index >= 15 is 0 Å². The molecule has 5 heteroatoms. The highest BCUT2D eigenvalue weighted by molar-refractivity contribution is 7.78. The Morgan fingerprint density at radius 2 is 1.90 bits per heavy atom. The molecule has 1 aliphatic rings. The van der Waals surface area contributed by atoms with Crippen molar-refractivity contribution >= 4 is 29.0 Å². The zero-order chi connectivity index (χ0) is 15.5. The van der Waals surface area contributed by atoms with Gasteiger partial charge < -0.3 is 9.47 Å². The summed E-state index contributed by atoms with van der Waals surface area (Å²) in [6.45, 7) is 5.63. The molecule has 0 amide bonds. The van der Waals surface area contributed by atoms with Gasteiger partial charge >= 0.3 is 5.97 Å². The molecule has 0 heterocycles. The first kappa shape index (κ1) is 15.7. The van der Waals surface area contributed by atoms with Gasteiger partial charge in [0.05, 0.1) is 16.8 Å². The quantitative estimate of drug-likeness (QED) is 0.480. The minimum atomic E-state index is -0.429. The normalized spacial score (nSPS) is 20.9. The van der Waals surface area contributed by atoms with Crippen LogP contribution in [0.4, 0.5) is 5.69 Å². The number of esters is 1. The van der Waals surface area contributed by atoms with Gasteiger partial charge in [0.15, 0.2) is 0 Å². The Morgan fingerprint density at radius 3 is 2.43 bits per heavy atom. The van der Waals surface area contributed by atoms with Crippen molar-refractivity contribution in [3.8, 4) is 5.75 Å². The summed E-state index contributed by atoms with van der Waals surface area (Å²) < 4.78 is 11.2. The topological polar surface area (TPSA) is 47.9 Å². The van der Waals surface area contributed by atoms with Gasteiger partial charge in [-0.3, -0.25) is 4.79 Å². The Morgan fingerprint density at radius 1 is 1.29 bits per heavy atom. The van der Waals surface area contributed by atoms with E-state index < -0.39 is 5.60 Å². The molecule has 1 aromatic rings. The molecule has 2 rings (SSSR count). The van der Waals surface area contributed by atoms with Crippen molar-refractivity contribution in [2.75, 3.05) is 0 Å². The number of thiocarbonyl (C=S) groups is 1. The molecule has 1 fully saturated rings. The molecule has 4 nitrogen and oxygen atoms in total. The number of carbonyl (C=O) groups excluding carboxylic acids is 1. The molecule has 0 atom stereocenters. The Kier molecular flexibility index (Phi) is 4.76. The van der Waals surface area contributed by atoms with E-state index in [1.54, 1.807) is 0 Å². The molecular weight excluding hydrogens is 286 g/mol. The van der Waals surface area contributed by atoms with Crippen LogP contribution < -0.4 is 4.74 Å². The van der Waals surface area contributed by atoms with Crippen molar-refractivity contribution in [3.63, 3.8) is 0 Å². The fourth-order valence-corrected chi connectivity index (χ4v) is 2.19. The lowest BCUT2D eigenvalue weighted by Crippen LogP contribution is -2.41. The Balaban J connectivity index is 1.80. The summed E-state index contributed by atoms with van der Waals surface area (Å²) in [6.07, 6.45) is 1.48. The third-order valence-electron chi connectivity index (χ3n) is 3.15. The number of carbonyl (C=O) groups is 1. The van der Waals surface area contributed by atoms with Gasteiger partial charge in [-0.2, -0.15) is 4.99 Å². The van der Waals surface area contributed by atoms with Crippen molar-refractivity contribution < 1.29 is 14.3 Å². The summed E-state index contributed by atoms with van der Waals surface area (Å²) in [5, 5.41) is 2.32. The van der Waals surface area contributed by atoms with Crippen LogP contribution in [0.25, 0.3) is 0 Å². The molecule has 0 N–H and O–H groups in total. The van der Waals surface area contributed by atoms with Crippen LogP contribution in [0, 0.1) is 5.92 Å². The fraction of sp³-hybridized carbons (Fsp3) is 0.500. The molecule has 0 spiro atoms. The second-order valence-corrected chi connectivity index (χ2v) is 6.32. The molecule has 21 heavy (non-hydrogen) atoms. The van der Waals surface area contributed by atoms with E-state index in [2.05, 4.69) is 22.4 Å². The summed E-state index contributed by atoms with van der Waals surface area (Å²) in [6, 6.07) is 7.32. The van der Waals surface area contributed by atoms with Crippen LogP contribution in [0.1, 0.15) is 33.6 Å². The van der Waals surface area contributed by atoms with E-state index in [9.17, 15) is 4.79 Å². The number of benzene rings is 1. The molecule has 0 bridgehead atoms. The van der Waals surface area contributed by atoms with Crippen molar-refractivity contribution in [2.24, 2.45) is 10.9 Å². The van der Waals surface area contributed by atoms with Crippen molar-refractivity contribution in [1.82, 2.24) is 0 Å². The number of isothiocyanates is 1. The van der Waals surface area contributed by atoms with Crippen LogP contribution in [0.2, 0.25) is 0 Å². The van der Waals surface area contributed by atoms with E-state index in [0.717, 1.165) is 11.4 Å². The summed E-state index contributed by atoms with van der Waals surface area (Å²) in [4.78, 5) is 15.7. The van der Waals surface area contributed by atoms with Crippen molar-refractivity contribution in [3.05, 3.63) is 24.3 Å². The average molecular weight is 305 g/mol. The molecular formula is C16H19NO3S. The Hall–Kier alpha value is -1.71. The predicted molar refractivity (Wildman–Crippen MR) is 84.1 cm³/mol. The molecule has 112 valence electrons. The first-order valence-electron chi connectivity index (χ1n) is 6.95. The molecule has 0 saturated heterocycles. The van der Waals surface area contributed by atoms with E-state index in [4.69, 9.17) is 9.47 Å². The summed E-state index contributed by atoms with van der Waals surface area (Å²) >= 11 is 4.55. The summed E-state index contributed by atoms with van der Waals surface area (Å²) in [7, 11) is 0. The standard InChI is InChI=1S/C16H19NO3S/c1-16(2,3)20-15(18)11-8-14(9-11)19-13-6-4-12(5-7-13)17-10-21/h4-7,11,14H,8-9H2,1-3H3. The van der Waals surface area contributed by atoms with Crippen LogP contribution in [0.5, 0.6) is 5.75 Å². The monoisotopic (exact) mass is 305 g/mol. The Bertz CT molecular complexity index is 550. The maximum Gasteiger partial charge on any atom is 0.309 e. The van der Waals surface area contributed by atoms with Crippen LogP contribution in [0.15, 0.2) is 29.3 Å². The molecule has 0 unspecified atom stereocenters. The lowest BCUT2D eigenvalue weighted by Gasteiger charge is -2.35. The molecule has 1 aliphatic carbocycles. The van der Waals surface area contributed by atoms with Crippen LogP contribution in [0.3, 0.4) is 0 Å². The maximum atomic E-state index is 11.8. The number of aliphatic imine (C=N–C) groups is 1. The first-order valence-corrected chi connectivity index (χ1v) is 7.35. The van der Waals surface area contributed by atoms with Gasteiger partial charge in [0, 0.05) is 0 Å². The van der Waals surface area contributed by atoms with Crippen LogP contribution in [-0.2, 0) is 9.53 Å². The molecule has 1 aromatic carbocycles. The van der Waals surface area contributed by atoms with E-state index in [-0.39, 0.29) is 18.0 Å². The average Bonchev–Trinajstić information content (AvgIpc) is 2.33. The van der Waals surface area contributed by atoms with Crippen molar-refractivity contribution in [1.29, 1.82) is 0 Å². The van der Waals surface area contributed by atoms with Crippen molar-refractivity contribution in [2.45, 2.75) is 45.3 Å². The number of hydrogen-bond donors (Lipinski definition) is 0. The van der Waals surface area contributed by atoms with E-state index in [0.29, 0.717) is 12.8 Å². The van der Waals surface area contributed by atoms with Gasteiger partial charge in [0.25, 0.3) is 0 Å². The maximum absolute atomic E-state index is 11.8. The smallest absolute Gasteiger partial charge is 0.309 e. The highest BCUT2D eigenvalue weighted by atomic mass is 32.1. The minimum absolute atomic E-state index is 0.0482. The van der Waals surface area contributed by atoms with Gasteiger partial charge in [-0.25, -0.2) is 0 Å². The molecule has 1 saturated carbocycles. The second kappa shape index (κ2) is 6.37. The third-order valence-corrected chi connectivity index (χ3v) is 3.24. The van der Waals surface area contributed by atoms with Gasteiger partial charge in [0.1, 0.15) is 17.5 Å². The van der Waals surface area contributed by atoms with Gasteiger partial charge in [-0.05, 0) is 70.1 Å². The highest BCUT2D eigenvalue weighted by Gasteiger charge is 2.38. The lowest BCUT2D eigenvalue weighted by atomic mass is 9.82. The van der Waals surface area contributed by atoms with E-state index in [1.807, 2.05) is 45.0 Å². The number of nitrogens with zero attached hydrogens (tertiary/aromatic N) is 1. The Labute approximate surface area is 130 Å². The highest BCUT2D eigenvalue weighted by Crippen LogP contribution is 2.33. The molecule has 0 aliphatic heterocycles. The van der Waals surface area contributed by atoms with Gasteiger partial charge in [-0.15, -0.1) is 0 Å². The zero-order valence-corrected chi connectivity index (χ0v) is 13.3. The zero-order valence-electron chi connectivity index (χ0n) is 12.5. The van der Waals surface area contributed by atoms with Gasteiger partial charge in [0.2, 0.25) is 0 Å². The minimum Gasteiger partial charge on any atom is -0.490 e. The summed E-state index contributed by atoms with van der Waals surface area (Å²) in [5.41, 5.74) is 0.318. The molecule has 0 aromatic heterocycles. The third kappa shape index (κ3) is 4.66. The first-order chi connectivity index (χ1) is 9.87. The largest absolute Gasteiger partial charge is 0.490 e. The second-order valence-electron chi connectivity index (χ2n) is 6.14. The fourth-order valence-electron chi connectivity index (χ4n) is 2.08. The number of ether oxygens (including phenoxy) is 2. The number of rotatable bonds is 4. The SMILES string of the molecule is CC(C)(C)OC(=O)C1CC(Oc2ccc(N=C=S)cc2)C1. The van der Waals surface area contributed by atoms with Gasteiger partial charge in [-0.1, -0.05) is 0 Å².